The van der Waals surface area contributed by atoms with Crippen molar-refractivity contribution in [3.8, 4) is 0 Å². The maximum Gasteiger partial charge on any atom is 0.407 e. The molecule has 1 rings (SSSR count). The van der Waals surface area contributed by atoms with Gasteiger partial charge in [0.05, 0.1) is 0 Å². The lowest BCUT2D eigenvalue weighted by Crippen LogP contribution is -2.26. The molecule has 1 atom stereocenters. The van der Waals surface area contributed by atoms with Crippen LogP contribution in [0, 0.1) is 0 Å². The van der Waals surface area contributed by atoms with E-state index >= 15 is 0 Å². The molecular formula is C4H4NO3. The average molecular weight is 114 g/mol. The molecular weight excluding hydrogens is 110 g/mol. The summed E-state index contributed by atoms with van der Waals surface area (Å²) in [5, 5.41) is 2.22. The Morgan fingerprint density at radius 2 is 2.62 bits per heavy atom. The number of alkyl carbamates (subject to hydrolysis) is 1. The van der Waals surface area contributed by atoms with E-state index in [0.717, 1.165) is 0 Å². The van der Waals surface area contributed by atoms with Crippen LogP contribution >= 0.6 is 0 Å². The summed E-state index contributed by atoms with van der Waals surface area (Å²) in [6, 6.07) is -0.553. The highest BCUT2D eigenvalue weighted by Crippen LogP contribution is 1.92. The number of cyclic esters (lactones) is 1. The first-order chi connectivity index (χ1) is 3.83. The Labute approximate surface area is 45.8 Å². The Balaban J connectivity index is 2.43. The highest BCUT2D eigenvalue weighted by molar-refractivity contribution is 5.76. The van der Waals surface area contributed by atoms with E-state index < -0.39 is 12.1 Å². The summed E-state index contributed by atoms with van der Waals surface area (Å²) in [5.41, 5.74) is 0. The van der Waals surface area contributed by atoms with E-state index in [-0.39, 0.29) is 6.61 Å². The number of amides is 1. The molecule has 1 aliphatic heterocycles. The number of carbonyl (C=O) groups excluding carboxylic acids is 2. The first-order valence-corrected chi connectivity index (χ1v) is 2.14. The van der Waals surface area contributed by atoms with Gasteiger partial charge in [0.15, 0.2) is 0 Å². The molecule has 0 aliphatic carbocycles. The minimum absolute atomic E-state index is 0.113. The van der Waals surface area contributed by atoms with Gasteiger partial charge in [-0.25, -0.2) is 4.79 Å². The standard InChI is InChI=1S/C4H4NO3/c6-1-3-2-8-4(7)5-3/h3H,2H2,(H,5,7). The van der Waals surface area contributed by atoms with Gasteiger partial charge in [-0.05, 0) is 0 Å². The summed E-state index contributed by atoms with van der Waals surface area (Å²) < 4.78 is 4.34. The minimum atomic E-state index is -0.553. The highest BCUT2D eigenvalue weighted by Gasteiger charge is 2.21. The van der Waals surface area contributed by atoms with Crippen LogP contribution in [0.15, 0.2) is 0 Å². The van der Waals surface area contributed by atoms with E-state index in [1.54, 1.807) is 6.29 Å². The van der Waals surface area contributed by atoms with Crippen LogP contribution in [0.5, 0.6) is 0 Å². The van der Waals surface area contributed by atoms with Gasteiger partial charge in [-0.3, -0.25) is 4.79 Å². The molecule has 1 aliphatic rings. The smallest absolute Gasteiger partial charge is 0.407 e. The van der Waals surface area contributed by atoms with Crippen LogP contribution < -0.4 is 5.32 Å². The predicted octanol–water partition coefficient (Wildman–Crippen LogP) is -0.796. The van der Waals surface area contributed by atoms with Gasteiger partial charge in [0.1, 0.15) is 12.6 Å². The third-order valence-electron chi connectivity index (χ3n) is 0.815. The van der Waals surface area contributed by atoms with Gasteiger partial charge in [-0.2, -0.15) is 0 Å². The second-order valence-corrected chi connectivity index (χ2v) is 1.41. The van der Waals surface area contributed by atoms with Crippen molar-refractivity contribution in [1.29, 1.82) is 0 Å². The molecule has 43 valence electrons. The molecule has 0 saturated carbocycles. The van der Waals surface area contributed by atoms with Gasteiger partial charge >= 0.3 is 6.09 Å². The minimum Gasteiger partial charge on any atom is -0.447 e. The number of carbonyl (C=O) groups is 1. The summed E-state index contributed by atoms with van der Waals surface area (Å²) in [4.78, 5) is 19.8. The highest BCUT2D eigenvalue weighted by atomic mass is 16.6. The van der Waals surface area contributed by atoms with E-state index in [4.69, 9.17) is 0 Å². The van der Waals surface area contributed by atoms with Crippen molar-refractivity contribution in [2.45, 2.75) is 6.04 Å². The summed E-state index contributed by atoms with van der Waals surface area (Å²) >= 11 is 0. The zero-order chi connectivity index (χ0) is 5.98. The summed E-state index contributed by atoms with van der Waals surface area (Å²) in [5.74, 6) is 0. The molecule has 1 heterocycles. The normalized spacial score (nSPS) is 26.5. The van der Waals surface area contributed by atoms with Gasteiger partial charge in [0.25, 0.3) is 0 Å². The fourth-order valence-electron chi connectivity index (χ4n) is 0.448. The van der Waals surface area contributed by atoms with E-state index in [2.05, 4.69) is 10.1 Å². The van der Waals surface area contributed by atoms with Crippen molar-refractivity contribution in [2.75, 3.05) is 6.61 Å². The van der Waals surface area contributed by atoms with Crippen LogP contribution in [-0.2, 0) is 9.53 Å². The molecule has 1 N–H and O–H groups in total. The Morgan fingerprint density at radius 1 is 1.88 bits per heavy atom. The van der Waals surface area contributed by atoms with Gasteiger partial charge in [0.2, 0.25) is 6.29 Å². The van der Waals surface area contributed by atoms with Gasteiger partial charge < -0.3 is 10.1 Å². The van der Waals surface area contributed by atoms with Gasteiger partial charge in [-0.1, -0.05) is 0 Å². The monoisotopic (exact) mass is 114 g/mol. The van der Waals surface area contributed by atoms with E-state index in [0.29, 0.717) is 0 Å². The lowest BCUT2D eigenvalue weighted by Gasteiger charge is -1.87. The first-order valence-electron chi connectivity index (χ1n) is 2.14. The molecule has 0 aromatic heterocycles. The largest absolute Gasteiger partial charge is 0.447 e. The lowest BCUT2D eigenvalue weighted by atomic mass is 10.4. The third-order valence-corrected chi connectivity index (χ3v) is 0.815. The molecule has 1 amide bonds. The molecule has 0 bridgehead atoms. The van der Waals surface area contributed by atoms with Crippen LogP contribution in [0.3, 0.4) is 0 Å². The molecule has 0 aromatic carbocycles. The van der Waals surface area contributed by atoms with Crippen LogP contribution in [0.25, 0.3) is 0 Å². The van der Waals surface area contributed by atoms with E-state index in [1.807, 2.05) is 0 Å². The molecule has 1 unspecified atom stereocenters. The Morgan fingerprint density at radius 3 is 2.88 bits per heavy atom. The van der Waals surface area contributed by atoms with Crippen molar-refractivity contribution in [3.05, 3.63) is 0 Å². The third kappa shape index (κ3) is 0.776. The van der Waals surface area contributed by atoms with Gasteiger partial charge in [-0.15, -0.1) is 0 Å². The van der Waals surface area contributed by atoms with Crippen molar-refractivity contribution >= 4 is 12.4 Å². The first kappa shape index (κ1) is 5.08. The number of hydrogen-bond acceptors (Lipinski definition) is 3. The van der Waals surface area contributed by atoms with Crippen molar-refractivity contribution in [3.63, 3.8) is 0 Å². The second-order valence-electron chi connectivity index (χ2n) is 1.41. The van der Waals surface area contributed by atoms with Crippen LogP contribution in [0.2, 0.25) is 0 Å². The molecule has 0 spiro atoms. The summed E-state index contributed by atoms with van der Waals surface area (Å²) in [6.45, 7) is 0.113. The van der Waals surface area contributed by atoms with Gasteiger partial charge in [0, 0.05) is 0 Å². The maximum atomic E-state index is 10.1. The number of ether oxygens (including phenoxy) is 1. The number of nitrogens with one attached hydrogen (secondary N) is 1. The van der Waals surface area contributed by atoms with E-state index in [9.17, 15) is 9.59 Å². The fourth-order valence-corrected chi connectivity index (χ4v) is 0.448. The maximum absolute atomic E-state index is 10.1. The van der Waals surface area contributed by atoms with Crippen LogP contribution in [0.1, 0.15) is 0 Å². The molecule has 0 aromatic rings. The quantitative estimate of drug-likeness (QED) is 0.485. The van der Waals surface area contributed by atoms with E-state index in [1.165, 1.54) is 0 Å². The van der Waals surface area contributed by atoms with Crippen molar-refractivity contribution in [1.82, 2.24) is 5.32 Å². The summed E-state index contributed by atoms with van der Waals surface area (Å²) in [7, 11) is 0. The zero-order valence-electron chi connectivity index (χ0n) is 4.01. The molecule has 4 heteroatoms. The second kappa shape index (κ2) is 1.81. The molecule has 1 saturated heterocycles. The zero-order valence-corrected chi connectivity index (χ0v) is 4.01. The van der Waals surface area contributed by atoms with Crippen molar-refractivity contribution in [2.24, 2.45) is 0 Å². The number of rotatable bonds is 1. The topological polar surface area (TPSA) is 55.4 Å². The Hall–Kier alpha value is -1.06. The predicted molar refractivity (Wildman–Crippen MR) is 24.0 cm³/mol. The fraction of sp³-hybridized carbons (Fsp3) is 0.500. The SMILES string of the molecule is O=[C]C1COC(=O)N1. The Bertz CT molecular complexity index is 122. The molecule has 1 fully saturated rings. The summed E-state index contributed by atoms with van der Waals surface area (Å²) in [6.07, 6.45) is 1.04. The average Bonchev–Trinajstić information content (AvgIpc) is 2.14. The lowest BCUT2D eigenvalue weighted by molar-refractivity contribution is 0.177. The van der Waals surface area contributed by atoms with Crippen LogP contribution in [-0.4, -0.2) is 25.0 Å². The number of hydrogen-bond donors (Lipinski definition) is 1. The Kier molecular flexibility index (Phi) is 1.15. The van der Waals surface area contributed by atoms with Crippen molar-refractivity contribution < 1.29 is 14.3 Å². The molecule has 4 nitrogen and oxygen atoms in total. The molecule has 8 heavy (non-hydrogen) atoms. The van der Waals surface area contributed by atoms with Crippen LogP contribution in [0.4, 0.5) is 4.79 Å². The molecule has 1 radical (unpaired) electrons.